The normalized spacial score (nSPS) is 17.0. The van der Waals surface area contributed by atoms with E-state index in [1.165, 1.54) is 0 Å². The van der Waals surface area contributed by atoms with Crippen molar-refractivity contribution in [2.24, 2.45) is 5.92 Å². The maximum atomic E-state index is 12.7. The van der Waals surface area contributed by atoms with Crippen molar-refractivity contribution in [3.63, 3.8) is 0 Å². The summed E-state index contributed by atoms with van der Waals surface area (Å²) in [6.45, 7) is 1.47. The molecule has 0 saturated carbocycles. The molecule has 3 rings (SSSR count). The third kappa shape index (κ3) is 4.37. The highest BCUT2D eigenvalue weighted by Gasteiger charge is 2.35. The highest BCUT2D eigenvalue weighted by Crippen LogP contribution is 2.22. The summed E-state index contributed by atoms with van der Waals surface area (Å²) in [7, 11) is 1.75. The van der Waals surface area contributed by atoms with Crippen molar-refractivity contribution in [3.05, 3.63) is 64.9 Å². The molecule has 1 aromatic heterocycles. The average molecular weight is 358 g/mol. The molecule has 1 unspecified atom stereocenters. The molecule has 0 spiro atoms. The second kappa shape index (κ2) is 7.66. The van der Waals surface area contributed by atoms with Crippen LogP contribution in [0.15, 0.2) is 48.7 Å². The van der Waals surface area contributed by atoms with Crippen molar-refractivity contribution in [3.8, 4) is 0 Å². The van der Waals surface area contributed by atoms with E-state index in [-0.39, 0.29) is 24.2 Å². The topological polar surface area (TPSA) is 53.5 Å². The van der Waals surface area contributed by atoms with Gasteiger partial charge in [0.05, 0.1) is 5.92 Å². The fourth-order valence-electron chi connectivity index (χ4n) is 3.06. The number of pyridine rings is 1. The minimum atomic E-state index is -0.290. The lowest BCUT2D eigenvalue weighted by atomic mass is 10.1. The molecule has 1 atom stereocenters. The number of carbonyl (C=O) groups is 2. The molecule has 1 aliphatic rings. The predicted octanol–water partition coefficient (Wildman–Crippen LogP) is 2.74. The fourth-order valence-corrected chi connectivity index (χ4v) is 3.17. The molecule has 2 heterocycles. The summed E-state index contributed by atoms with van der Waals surface area (Å²) < 4.78 is 0. The molecule has 2 aromatic rings. The fraction of sp³-hybridized carbons (Fsp3) is 0.316. The number of amides is 2. The van der Waals surface area contributed by atoms with Crippen LogP contribution in [0.2, 0.25) is 5.15 Å². The van der Waals surface area contributed by atoms with Crippen LogP contribution in [0.3, 0.4) is 0 Å². The first kappa shape index (κ1) is 17.4. The molecule has 0 aliphatic carbocycles. The van der Waals surface area contributed by atoms with Crippen LogP contribution in [0, 0.1) is 5.92 Å². The smallest absolute Gasteiger partial charge is 0.228 e. The Morgan fingerprint density at radius 2 is 2.00 bits per heavy atom. The van der Waals surface area contributed by atoms with Crippen LogP contribution in [0.25, 0.3) is 0 Å². The molecule has 2 amide bonds. The van der Waals surface area contributed by atoms with Gasteiger partial charge in [0, 0.05) is 39.3 Å². The minimum Gasteiger partial charge on any atom is -0.341 e. The number of aromatic nitrogens is 1. The summed E-state index contributed by atoms with van der Waals surface area (Å²) in [6.07, 6.45) is 1.93. The summed E-state index contributed by atoms with van der Waals surface area (Å²) in [5.41, 5.74) is 1.98. The van der Waals surface area contributed by atoms with E-state index in [1.807, 2.05) is 36.4 Å². The minimum absolute atomic E-state index is 0.0149. The number of halogens is 1. The SMILES string of the molecule is CN(Cc1ccc(Cl)nc1)C(=O)C1CC(=O)N(Cc2ccccc2)C1. The number of likely N-dealkylation sites (tertiary alicyclic amines) is 1. The first-order valence-electron chi connectivity index (χ1n) is 8.20. The van der Waals surface area contributed by atoms with Gasteiger partial charge in [-0.2, -0.15) is 0 Å². The number of hydrogen-bond donors (Lipinski definition) is 0. The molecular formula is C19H20ClN3O2. The van der Waals surface area contributed by atoms with Crippen LogP contribution in [0.5, 0.6) is 0 Å². The van der Waals surface area contributed by atoms with Gasteiger partial charge in [-0.25, -0.2) is 4.98 Å². The molecule has 25 heavy (non-hydrogen) atoms. The zero-order valence-electron chi connectivity index (χ0n) is 14.1. The molecular weight excluding hydrogens is 338 g/mol. The molecule has 1 aromatic carbocycles. The summed E-state index contributed by atoms with van der Waals surface area (Å²) >= 11 is 5.78. The summed E-state index contributed by atoms with van der Waals surface area (Å²) in [5.74, 6) is -0.274. The molecule has 130 valence electrons. The van der Waals surface area contributed by atoms with Gasteiger partial charge in [-0.3, -0.25) is 9.59 Å². The van der Waals surface area contributed by atoms with E-state index in [9.17, 15) is 9.59 Å². The van der Waals surface area contributed by atoms with Gasteiger partial charge in [-0.1, -0.05) is 48.0 Å². The van der Waals surface area contributed by atoms with Crippen molar-refractivity contribution >= 4 is 23.4 Å². The Kier molecular flexibility index (Phi) is 5.34. The van der Waals surface area contributed by atoms with E-state index in [0.717, 1.165) is 11.1 Å². The maximum absolute atomic E-state index is 12.7. The summed E-state index contributed by atoms with van der Waals surface area (Å²) in [5, 5.41) is 0.427. The summed E-state index contributed by atoms with van der Waals surface area (Å²) in [4.78, 5) is 32.3. The van der Waals surface area contributed by atoms with E-state index in [1.54, 1.807) is 29.1 Å². The molecule has 1 saturated heterocycles. The lowest BCUT2D eigenvalue weighted by Gasteiger charge is -2.21. The molecule has 1 aliphatic heterocycles. The van der Waals surface area contributed by atoms with E-state index < -0.39 is 0 Å². The molecule has 0 radical (unpaired) electrons. The van der Waals surface area contributed by atoms with Crippen molar-refractivity contribution in [1.82, 2.24) is 14.8 Å². The van der Waals surface area contributed by atoms with E-state index >= 15 is 0 Å². The van der Waals surface area contributed by atoms with Gasteiger partial charge in [0.25, 0.3) is 0 Å². The Labute approximate surface area is 152 Å². The quantitative estimate of drug-likeness (QED) is 0.773. The number of hydrogen-bond acceptors (Lipinski definition) is 3. The summed E-state index contributed by atoms with van der Waals surface area (Å²) in [6, 6.07) is 13.4. The molecule has 0 bridgehead atoms. The Bertz CT molecular complexity index is 749. The van der Waals surface area contributed by atoms with Crippen LogP contribution in [0.1, 0.15) is 17.5 Å². The second-order valence-electron chi connectivity index (χ2n) is 6.34. The Morgan fingerprint density at radius 3 is 2.68 bits per heavy atom. The van der Waals surface area contributed by atoms with E-state index in [2.05, 4.69) is 4.98 Å². The van der Waals surface area contributed by atoms with Gasteiger partial charge in [-0.15, -0.1) is 0 Å². The highest BCUT2D eigenvalue weighted by atomic mass is 35.5. The number of rotatable bonds is 5. The number of carbonyl (C=O) groups excluding carboxylic acids is 2. The van der Waals surface area contributed by atoms with Crippen LogP contribution in [0.4, 0.5) is 0 Å². The zero-order valence-corrected chi connectivity index (χ0v) is 14.8. The second-order valence-corrected chi connectivity index (χ2v) is 6.73. The number of nitrogens with zero attached hydrogens (tertiary/aromatic N) is 3. The number of benzene rings is 1. The zero-order chi connectivity index (χ0) is 17.8. The van der Waals surface area contributed by atoms with Gasteiger partial charge in [0.15, 0.2) is 0 Å². The predicted molar refractivity (Wildman–Crippen MR) is 95.7 cm³/mol. The highest BCUT2D eigenvalue weighted by molar-refractivity contribution is 6.29. The average Bonchev–Trinajstić information content (AvgIpc) is 2.98. The maximum Gasteiger partial charge on any atom is 0.228 e. The molecule has 5 nitrogen and oxygen atoms in total. The van der Waals surface area contributed by atoms with Crippen LogP contribution in [-0.2, 0) is 22.7 Å². The third-order valence-corrected chi connectivity index (χ3v) is 4.59. The van der Waals surface area contributed by atoms with Crippen LogP contribution < -0.4 is 0 Å². The van der Waals surface area contributed by atoms with Crippen LogP contribution in [-0.4, -0.2) is 40.2 Å². The monoisotopic (exact) mass is 357 g/mol. The van der Waals surface area contributed by atoms with Crippen molar-refractivity contribution < 1.29 is 9.59 Å². The molecule has 1 fully saturated rings. The Hall–Kier alpha value is -2.40. The Balaban J connectivity index is 1.59. The van der Waals surface area contributed by atoms with E-state index in [4.69, 9.17) is 11.6 Å². The van der Waals surface area contributed by atoms with Crippen molar-refractivity contribution in [2.45, 2.75) is 19.5 Å². The lowest BCUT2D eigenvalue weighted by molar-refractivity contribution is -0.135. The van der Waals surface area contributed by atoms with Gasteiger partial charge in [0.2, 0.25) is 11.8 Å². The largest absolute Gasteiger partial charge is 0.341 e. The van der Waals surface area contributed by atoms with Gasteiger partial charge >= 0.3 is 0 Å². The standard InChI is InChI=1S/C19H20ClN3O2/c1-22(11-15-7-8-17(20)21-10-15)19(25)16-9-18(24)23(13-16)12-14-5-3-2-4-6-14/h2-8,10,16H,9,11-13H2,1H3. The van der Waals surface area contributed by atoms with Crippen LogP contribution >= 0.6 is 11.6 Å². The first-order chi connectivity index (χ1) is 12.0. The molecule has 0 N–H and O–H groups in total. The van der Waals surface area contributed by atoms with Gasteiger partial charge in [-0.05, 0) is 17.2 Å². The van der Waals surface area contributed by atoms with Gasteiger partial charge < -0.3 is 9.80 Å². The Morgan fingerprint density at radius 1 is 1.24 bits per heavy atom. The molecule has 6 heteroatoms. The van der Waals surface area contributed by atoms with E-state index in [0.29, 0.717) is 24.8 Å². The lowest BCUT2D eigenvalue weighted by Crippen LogP contribution is -2.34. The third-order valence-electron chi connectivity index (χ3n) is 4.36. The first-order valence-corrected chi connectivity index (χ1v) is 8.58. The van der Waals surface area contributed by atoms with Gasteiger partial charge in [0.1, 0.15) is 5.15 Å². The van der Waals surface area contributed by atoms with Crippen molar-refractivity contribution in [2.75, 3.05) is 13.6 Å². The van der Waals surface area contributed by atoms with Crippen molar-refractivity contribution in [1.29, 1.82) is 0 Å².